The first-order valence-corrected chi connectivity index (χ1v) is 6.32. The molecule has 1 aromatic rings. The molecule has 0 radical (unpaired) electrons. The zero-order valence-corrected chi connectivity index (χ0v) is 11.1. The van der Waals surface area contributed by atoms with Crippen molar-refractivity contribution in [1.82, 2.24) is 0 Å². The Morgan fingerprint density at radius 2 is 1.83 bits per heavy atom. The fourth-order valence-corrected chi connectivity index (χ4v) is 1.84. The van der Waals surface area contributed by atoms with Crippen LogP contribution in [0.3, 0.4) is 0 Å². The first-order valence-electron chi connectivity index (χ1n) is 6.32. The fraction of sp³-hybridized carbons (Fsp3) is 0.467. The average Bonchev–Trinajstić information content (AvgIpc) is 2.40. The summed E-state index contributed by atoms with van der Waals surface area (Å²) in [7, 11) is 1.40. The van der Waals surface area contributed by atoms with Crippen molar-refractivity contribution in [3.05, 3.63) is 35.4 Å². The number of methoxy groups -OCH3 is 1. The van der Waals surface area contributed by atoms with Crippen LogP contribution < -0.4 is 0 Å². The second-order valence-electron chi connectivity index (χ2n) is 4.27. The summed E-state index contributed by atoms with van der Waals surface area (Å²) in [6.07, 6.45) is 3.04. The molecule has 18 heavy (non-hydrogen) atoms. The summed E-state index contributed by atoms with van der Waals surface area (Å²) in [5.41, 5.74) is 2.23. The van der Waals surface area contributed by atoms with Crippen LogP contribution in [0.15, 0.2) is 24.3 Å². The van der Waals surface area contributed by atoms with Crippen LogP contribution in [0.25, 0.3) is 0 Å². The molecule has 3 nitrogen and oxygen atoms in total. The Morgan fingerprint density at radius 3 is 2.44 bits per heavy atom. The van der Waals surface area contributed by atoms with Crippen LogP contribution in [-0.2, 0) is 27.2 Å². The number of Topliss-reactive ketones (excluding diaryl/α,β-unsaturated/α-hetero) is 1. The van der Waals surface area contributed by atoms with Gasteiger partial charge in [-0.1, -0.05) is 31.2 Å². The molecule has 0 heterocycles. The lowest BCUT2D eigenvalue weighted by Gasteiger charge is -2.08. The van der Waals surface area contributed by atoms with E-state index in [1.54, 1.807) is 0 Å². The van der Waals surface area contributed by atoms with Gasteiger partial charge in [-0.25, -0.2) is 0 Å². The molecule has 0 aliphatic rings. The number of ketones is 1. The van der Waals surface area contributed by atoms with Crippen molar-refractivity contribution >= 4 is 11.8 Å². The van der Waals surface area contributed by atoms with Crippen LogP contribution in [0.1, 0.15) is 37.3 Å². The van der Waals surface area contributed by atoms with Crippen molar-refractivity contribution in [3.63, 3.8) is 0 Å². The van der Waals surface area contributed by atoms with Crippen molar-refractivity contribution in [2.24, 2.45) is 0 Å². The molecule has 0 aliphatic carbocycles. The van der Waals surface area contributed by atoms with Gasteiger partial charge in [0.25, 0.3) is 0 Å². The number of carbonyl (C=O) groups excluding carboxylic acids is 2. The fourth-order valence-electron chi connectivity index (χ4n) is 1.84. The third-order valence-electron chi connectivity index (χ3n) is 2.96. The van der Waals surface area contributed by atoms with Gasteiger partial charge in [0.15, 0.2) is 0 Å². The standard InChI is InChI=1S/C15H20O3/c1-3-14(16)11-13-8-5-4-7-12(13)9-6-10-15(17)18-2/h4-5,7-8H,3,6,9-11H2,1-2H3. The van der Waals surface area contributed by atoms with Crippen molar-refractivity contribution < 1.29 is 14.3 Å². The molecular weight excluding hydrogens is 228 g/mol. The molecule has 0 aliphatic heterocycles. The summed E-state index contributed by atoms with van der Waals surface area (Å²) >= 11 is 0. The molecular formula is C15H20O3. The first-order chi connectivity index (χ1) is 8.67. The molecule has 1 aromatic carbocycles. The number of aryl methyl sites for hydroxylation is 1. The maximum atomic E-state index is 11.5. The quantitative estimate of drug-likeness (QED) is 0.697. The van der Waals surface area contributed by atoms with E-state index < -0.39 is 0 Å². The van der Waals surface area contributed by atoms with Gasteiger partial charge in [0.1, 0.15) is 5.78 Å². The van der Waals surface area contributed by atoms with Gasteiger partial charge in [0.05, 0.1) is 7.11 Å². The highest BCUT2D eigenvalue weighted by atomic mass is 16.5. The molecule has 0 aromatic heterocycles. The summed E-state index contributed by atoms with van der Waals surface area (Å²) in [4.78, 5) is 22.5. The van der Waals surface area contributed by atoms with E-state index >= 15 is 0 Å². The molecule has 0 atom stereocenters. The predicted octanol–water partition coefficient (Wildman–Crippen LogP) is 2.70. The normalized spacial score (nSPS) is 10.1. The van der Waals surface area contributed by atoms with Crippen molar-refractivity contribution in [3.8, 4) is 0 Å². The summed E-state index contributed by atoms with van der Waals surface area (Å²) in [6, 6.07) is 7.92. The molecule has 98 valence electrons. The molecule has 0 bridgehead atoms. The van der Waals surface area contributed by atoms with Gasteiger partial charge in [-0.05, 0) is 24.0 Å². The topological polar surface area (TPSA) is 43.4 Å². The number of rotatable bonds is 7. The summed E-state index contributed by atoms with van der Waals surface area (Å²) in [5.74, 6) is 0.0625. The smallest absolute Gasteiger partial charge is 0.305 e. The second-order valence-corrected chi connectivity index (χ2v) is 4.27. The Morgan fingerprint density at radius 1 is 1.17 bits per heavy atom. The van der Waals surface area contributed by atoms with Crippen molar-refractivity contribution in [2.75, 3.05) is 7.11 Å². The SMILES string of the molecule is CCC(=O)Cc1ccccc1CCCC(=O)OC. The lowest BCUT2D eigenvalue weighted by atomic mass is 9.97. The minimum absolute atomic E-state index is 0.183. The molecule has 0 fully saturated rings. The minimum atomic E-state index is -0.183. The van der Waals surface area contributed by atoms with E-state index in [1.165, 1.54) is 7.11 Å². The maximum absolute atomic E-state index is 11.5. The van der Waals surface area contributed by atoms with E-state index in [2.05, 4.69) is 4.74 Å². The minimum Gasteiger partial charge on any atom is -0.469 e. The molecule has 0 unspecified atom stereocenters. The summed E-state index contributed by atoms with van der Waals surface area (Å²) in [5, 5.41) is 0. The monoisotopic (exact) mass is 248 g/mol. The summed E-state index contributed by atoms with van der Waals surface area (Å²) in [6.45, 7) is 1.88. The summed E-state index contributed by atoms with van der Waals surface area (Å²) < 4.78 is 4.61. The zero-order valence-electron chi connectivity index (χ0n) is 11.1. The molecule has 0 saturated carbocycles. The lowest BCUT2D eigenvalue weighted by Crippen LogP contribution is -2.05. The van der Waals surface area contributed by atoms with E-state index in [9.17, 15) is 9.59 Å². The molecule has 3 heteroatoms. The Labute approximate surface area is 108 Å². The maximum Gasteiger partial charge on any atom is 0.305 e. The zero-order chi connectivity index (χ0) is 13.4. The Kier molecular flexibility index (Phi) is 6.12. The number of hydrogen-bond acceptors (Lipinski definition) is 3. The van der Waals surface area contributed by atoms with E-state index in [0.29, 0.717) is 19.3 Å². The Bertz CT molecular complexity index is 410. The van der Waals surface area contributed by atoms with Gasteiger partial charge in [0, 0.05) is 19.3 Å². The third kappa shape index (κ3) is 4.70. The molecule has 0 spiro atoms. The molecule has 0 saturated heterocycles. The number of hydrogen-bond donors (Lipinski definition) is 0. The van der Waals surface area contributed by atoms with Crippen LogP contribution in [0.2, 0.25) is 0 Å². The average molecular weight is 248 g/mol. The van der Waals surface area contributed by atoms with Crippen LogP contribution in [-0.4, -0.2) is 18.9 Å². The number of benzene rings is 1. The Hall–Kier alpha value is -1.64. The van der Waals surface area contributed by atoms with Crippen LogP contribution in [0.4, 0.5) is 0 Å². The van der Waals surface area contributed by atoms with Crippen LogP contribution in [0, 0.1) is 0 Å². The van der Waals surface area contributed by atoms with Crippen LogP contribution >= 0.6 is 0 Å². The van der Waals surface area contributed by atoms with Gasteiger partial charge in [0.2, 0.25) is 0 Å². The van der Waals surface area contributed by atoms with Gasteiger partial charge < -0.3 is 4.74 Å². The molecule has 1 rings (SSSR count). The highest BCUT2D eigenvalue weighted by molar-refractivity contribution is 5.80. The van der Waals surface area contributed by atoms with E-state index in [1.807, 2.05) is 31.2 Å². The highest BCUT2D eigenvalue weighted by Gasteiger charge is 2.07. The lowest BCUT2D eigenvalue weighted by molar-refractivity contribution is -0.140. The first kappa shape index (κ1) is 14.4. The Balaban J connectivity index is 2.59. The largest absolute Gasteiger partial charge is 0.469 e. The number of esters is 1. The van der Waals surface area contributed by atoms with Gasteiger partial charge in [-0.3, -0.25) is 9.59 Å². The second kappa shape index (κ2) is 7.64. The molecule has 0 amide bonds. The van der Waals surface area contributed by atoms with Gasteiger partial charge in [-0.2, -0.15) is 0 Å². The van der Waals surface area contributed by atoms with Crippen LogP contribution in [0.5, 0.6) is 0 Å². The van der Waals surface area contributed by atoms with E-state index in [4.69, 9.17) is 0 Å². The van der Waals surface area contributed by atoms with E-state index in [-0.39, 0.29) is 11.8 Å². The highest BCUT2D eigenvalue weighted by Crippen LogP contribution is 2.14. The number of carbonyl (C=O) groups is 2. The predicted molar refractivity (Wildman–Crippen MR) is 70.4 cm³/mol. The van der Waals surface area contributed by atoms with E-state index in [0.717, 1.165) is 24.0 Å². The number of ether oxygens (including phenoxy) is 1. The molecule has 0 N–H and O–H groups in total. The van der Waals surface area contributed by atoms with Crippen molar-refractivity contribution in [1.29, 1.82) is 0 Å². The van der Waals surface area contributed by atoms with Gasteiger partial charge in [-0.15, -0.1) is 0 Å². The van der Waals surface area contributed by atoms with Gasteiger partial charge >= 0.3 is 5.97 Å². The third-order valence-corrected chi connectivity index (χ3v) is 2.96. The van der Waals surface area contributed by atoms with Crippen molar-refractivity contribution in [2.45, 2.75) is 39.0 Å².